The molecule has 4 rings (SSSR count). The van der Waals surface area contributed by atoms with E-state index in [2.05, 4.69) is 36.5 Å². The number of amides is 1. The number of ether oxygens (including phenoxy) is 1. The summed E-state index contributed by atoms with van der Waals surface area (Å²) in [6.07, 6.45) is 1.85. The van der Waals surface area contributed by atoms with Gasteiger partial charge in [0, 0.05) is 17.2 Å². The lowest BCUT2D eigenvalue weighted by Gasteiger charge is -2.28. The van der Waals surface area contributed by atoms with Crippen LogP contribution in [0.15, 0.2) is 78.9 Å². The number of fused-ring (bicyclic) bond motifs is 2. The lowest BCUT2D eigenvalue weighted by atomic mass is 9.87. The second kappa shape index (κ2) is 7.67. The third-order valence-corrected chi connectivity index (χ3v) is 5.04. The molecule has 3 heteroatoms. The van der Waals surface area contributed by atoms with Gasteiger partial charge in [-0.2, -0.15) is 0 Å². The minimum absolute atomic E-state index is 0.0266. The Bertz CT molecular complexity index is 890. The van der Waals surface area contributed by atoms with Crippen LogP contribution >= 0.6 is 0 Å². The van der Waals surface area contributed by atoms with Crippen LogP contribution in [-0.2, 0) is 11.2 Å². The Labute approximate surface area is 160 Å². The molecule has 0 saturated heterocycles. The van der Waals surface area contributed by atoms with Crippen LogP contribution in [0.25, 0.3) is 0 Å². The number of carbonyl (C=O) groups excluding carboxylic acids is 1. The fraction of sp³-hybridized carbons (Fsp3) is 0.208. The topological polar surface area (TPSA) is 38.3 Å². The van der Waals surface area contributed by atoms with Crippen LogP contribution in [0.2, 0.25) is 0 Å². The van der Waals surface area contributed by atoms with Gasteiger partial charge in [-0.25, -0.2) is 0 Å². The van der Waals surface area contributed by atoms with Gasteiger partial charge in [0.1, 0.15) is 11.5 Å². The SMILES string of the molecule is CC(CCc1ccccc1)NC(=O)C1c2ccccc2Oc2ccccc21. The molecule has 0 radical (unpaired) electrons. The van der Waals surface area contributed by atoms with Gasteiger partial charge >= 0.3 is 0 Å². The van der Waals surface area contributed by atoms with Gasteiger partial charge in [-0.15, -0.1) is 0 Å². The molecule has 0 aliphatic carbocycles. The van der Waals surface area contributed by atoms with E-state index in [0.717, 1.165) is 35.5 Å². The van der Waals surface area contributed by atoms with Crippen LogP contribution in [0.3, 0.4) is 0 Å². The van der Waals surface area contributed by atoms with Crippen LogP contribution in [0, 0.1) is 0 Å². The van der Waals surface area contributed by atoms with E-state index in [9.17, 15) is 4.79 Å². The van der Waals surface area contributed by atoms with Crippen LogP contribution < -0.4 is 10.1 Å². The second-order valence-electron chi connectivity index (χ2n) is 7.04. The van der Waals surface area contributed by atoms with Crippen molar-refractivity contribution < 1.29 is 9.53 Å². The standard InChI is InChI=1S/C24H23NO2/c1-17(15-16-18-9-3-2-4-10-18)25-24(26)23-19-11-5-7-13-21(19)27-22-14-8-6-12-20(22)23/h2-14,17,23H,15-16H2,1H3,(H,25,26). The number of hydrogen-bond donors (Lipinski definition) is 1. The van der Waals surface area contributed by atoms with Gasteiger partial charge in [0.05, 0.1) is 5.92 Å². The van der Waals surface area contributed by atoms with Crippen molar-refractivity contribution in [2.24, 2.45) is 0 Å². The van der Waals surface area contributed by atoms with E-state index in [1.54, 1.807) is 0 Å². The smallest absolute Gasteiger partial charge is 0.232 e. The Kier molecular flexibility index (Phi) is 4.93. The molecule has 27 heavy (non-hydrogen) atoms. The van der Waals surface area contributed by atoms with Crippen LogP contribution in [-0.4, -0.2) is 11.9 Å². The van der Waals surface area contributed by atoms with E-state index in [1.165, 1.54) is 5.56 Å². The van der Waals surface area contributed by atoms with E-state index < -0.39 is 0 Å². The molecule has 0 saturated carbocycles. The van der Waals surface area contributed by atoms with Crippen molar-refractivity contribution in [2.75, 3.05) is 0 Å². The third-order valence-electron chi connectivity index (χ3n) is 5.04. The summed E-state index contributed by atoms with van der Waals surface area (Å²) >= 11 is 0. The number of aryl methyl sites for hydroxylation is 1. The van der Waals surface area contributed by atoms with E-state index in [-0.39, 0.29) is 17.9 Å². The van der Waals surface area contributed by atoms with E-state index in [0.29, 0.717) is 0 Å². The molecule has 0 aromatic heterocycles. The first-order chi connectivity index (χ1) is 13.2. The molecular formula is C24H23NO2. The van der Waals surface area contributed by atoms with Crippen LogP contribution in [0.4, 0.5) is 0 Å². The first-order valence-electron chi connectivity index (χ1n) is 9.42. The van der Waals surface area contributed by atoms with Crippen LogP contribution in [0.1, 0.15) is 36.0 Å². The Morgan fingerprint density at radius 3 is 2.07 bits per heavy atom. The summed E-state index contributed by atoms with van der Waals surface area (Å²) in [4.78, 5) is 13.2. The summed E-state index contributed by atoms with van der Waals surface area (Å²) in [5.74, 6) is 1.20. The molecule has 1 N–H and O–H groups in total. The highest BCUT2D eigenvalue weighted by atomic mass is 16.5. The van der Waals surface area contributed by atoms with Gasteiger partial charge in [-0.05, 0) is 37.5 Å². The fourth-order valence-electron chi connectivity index (χ4n) is 3.62. The lowest BCUT2D eigenvalue weighted by molar-refractivity contribution is -0.122. The molecule has 3 nitrogen and oxygen atoms in total. The number of benzene rings is 3. The molecule has 3 aromatic rings. The Hall–Kier alpha value is -3.07. The Morgan fingerprint density at radius 1 is 0.889 bits per heavy atom. The first-order valence-corrected chi connectivity index (χ1v) is 9.42. The highest BCUT2D eigenvalue weighted by Gasteiger charge is 2.32. The minimum Gasteiger partial charge on any atom is -0.457 e. The third kappa shape index (κ3) is 3.72. The monoisotopic (exact) mass is 357 g/mol. The van der Waals surface area contributed by atoms with Gasteiger partial charge in [0.2, 0.25) is 5.91 Å². The summed E-state index contributed by atoms with van der Waals surface area (Å²) < 4.78 is 5.99. The zero-order valence-corrected chi connectivity index (χ0v) is 15.4. The maximum absolute atomic E-state index is 13.2. The molecule has 1 amide bonds. The molecule has 1 aliphatic rings. The summed E-state index contributed by atoms with van der Waals surface area (Å²) in [6, 6.07) is 26.0. The maximum Gasteiger partial charge on any atom is 0.232 e. The Balaban J connectivity index is 1.51. The van der Waals surface area contributed by atoms with Crippen molar-refractivity contribution in [1.29, 1.82) is 0 Å². The van der Waals surface area contributed by atoms with Crippen molar-refractivity contribution >= 4 is 5.91 Å². The molecule has 1 unspecified atom stereocenters. The van der Waals surface area contributed by atoms with Gasteiger partial charge in [-0.3, -0.25) is 4.79 Å². The molecule has 0 fully saturated rings. The quantitative estimate of drug-likeness (QED) is 0.693. The minimum atomic E-state index is -0.342. The summed E-state index contributed by atoms with van der Waals surface area (Å²) in [5, 5.41) is 3.21. The van der Waals surface area contributed by atoms with Crippen molar-refractivity contribution in [3.05, 3.63) is 95.6 Å². The largest absolute Gasteiger partial charge is 0.457 e. The van der Waals surface area contributed by atoms with Crippen molar-refractivity contribution in [2.45, 2.75) is 31.7 Å². The summed E-state index contributed by atoms with van der Waals surface area (Å²) in [7, 11) is 0. The second-order valence-corrected chi connectivity index (χ2v) is 7.04. The molecule has 0 spiro atoms. The molecule has 136 valence electrons. The summed E-state index contributed by atoms with van der Waals surface area (Å²) in [5.41, 5.74) is 3.13. The molecule has 1 heterocycles. The molecule has 0 bridgehead atoms. The number of nitrogens with one attached hydrogen (secondary N) is 1. The van der Waals surface area contributed by atoms with Gasteiger partial charge in [0.15, 0.2) is 0 Å². The van der Waals surface area contributed by atoms with Gasteiger partial charge < -0.3 is 10.1 Å². The highest BCUT2D eigenvalue weighted by Crippen LogP contribution is 2.43. The fourth-order valence-corrected chi connectivity index (χ4v) is 3.62. The first kappa shape index (κ1) is 17.3. The molecule has 1 atom stereocenters. The van der Waals surface area contributed by atoms with Crippen LogP contribution in [0.5, 0.6) is 11.5 Å². The average Bonchev–Trinajstić information content (AvgIpc) is 2.71. The van der Waals surface area contributed by atoms with Crippen molar-refractivity contribution in [3.8, 4) is 11.5 Å². The maximum atomic E-state index is 13.2. The van der Waals surface area contributed by atoms with Gasteiger partial charge in [-0.1, -0.05) is 66.7 Å². The van der Waals surface area contributed by atoms with E-state index in [4.69, 9.17) is 4.74 Å². The predicted molar refractivity (Wildman–Crippen MR) is 107 cm³/mol. The number of hydrogen-bond acceptors (Lipinski definition) is 2. The summed E-state index contributed by atoms with van der Waals surface area (Å²) in [6.45, 7) is 2.07. The van der Waals surface area contributed by atoms with E-state index in [1.807, 2.05) is 54.6 Å². The van der Waals surface area contributed by atoms with Crippen molar-refractivity contribution in [1.82, 2.24) is 5.32 Å². The van der Waals surface area contributed by atoms with Gasteiger partial charge in [0.25, 0.3) is 0 Å². The average molecular weight is 357 g/mol. The van der Waals surface area contributed by atoms with E-state index >= 15 is 0 Å². The zero-order valence-electron chi connectivity index (χ0n) is 15.4. The zero-order chi connectivity index (χ0) is 18.6. The molecule has 1 aliphatic heterocycles. The number of rotatable bonds is 5. The molecule has 3 aromatic carbocycles. The number of para-hydroxylation sites is 2. The number of carbonyl (C=O) groups is 1. The lowest BCUT2D eigenvalue weighted by Crippen LogP contribution is -2.37. The Morgan fingerprint density at radius 2 is 1.44 bits per heavy atom. The highest BCUT2D eigenvalue weighted by molar-refractivity contribution is 5.89. The molecular weight excluding hydrogens is 334 g/mol. The predicted octanol–water partition coefficient (Wildman–Crippen LogP) is 5.06. The van der Waals surface area contributed by atoms with Crippen molar-refractivity contribution in [3.63, 3.8) is 0 Å². The normalized spacial score (nSPS) is 13.8.